The maximum atomic E-state index is 12.7. The molecule has 1 aliphatic rings. The minimum atomic E-state index is -4.07. The van der Waals surface area contributed by atoms with Crippen molar-refractivity contribution >= 4 is 33.3 Å². The van der Waals surface area contributed by atoms with Gasteiger partial charge < -0.3 is 19.8 Å². The maximum Gasteiger partial charge on any atom is 0.335 e. The summed E-state index contributed by atoms with van der Waals surface area (Å²) in [4.78, 5) is 24.1. The van der Waals surface area contributed by atoms with Crippen LogP contribution in [0.3, 0.4) is 0 Å². The molecule has 0 saturated carbocycles. The Bertz CT molecular complexity index is 1000. The number of fused-ring (bicyclic) bond motifs is 1. The molecule has 0 atom stereocenters. The first kappa shape index (κ1) is 18.5. The van der Waals surface area contributed by atoms with Gasteiger partial charge in [0.15, 0.2) is 0 Å². The third-order valence-electron chi connectivity index (χ3n) is 4.02. The highest BCUT2D eigenvalue weighted by molar-refractivity contribution is 7.92. The van der Waals surface area contributed by atoms with Crippen LogP contribution >= 0.6 is 0 Å². The number of carbonyl (C=O) groups is 2. The monoisotopic (exact) mass is 392 g/mol. The van der Waals surface area contributed by atoms with Gasteiger partial charge in [0.05, 0.1) is 33.9 Å². The summed E-state index contributed by atoms with van der Waals surface area (Å²) < 4.78 is 33.1. The molecule has 27 heavy (non-hydrogen) atoms. The third kappa shape index (κ3) is 3.80. The smallest absolute Gasteiger partial charge is 0.335 e. The molecule has 0 radical (unpaired) electrons. The van der Waals surface area contributed by atoms with Crippen molar-refractivity contribution in [1.29, 1.82) is 0 Å². The second-order valence-electron chi connectivity index (χ2n) is 5.91. The van der Waals surface area contributed by atoms with Gasteiger partial charge in [0.2, 0.25) is 0 Å². The summed E-state index contributed by atoms with van der Waals surface area (Å²) in [6.07, 6.45) is 0. The molecular weight excluding hydrogens is 376 g/mol. The molecule has 0 aliphatic carbocycles. The molecule has 3 rings (SSSR count). The van der Waals surface area contributed by atoms with Crippen LogP contribution in [0.25, 0.3) is 0 Å². The number of carboxylic acid groups (broad SMARTS) is 2. The van der Waals surface area contributed by atoms with E-state index in [1.807, 2.05) is 4.90 Å². The van der Waals surface area contributed by atoms with Gasteiger partial charge >= 0.3 is 11.9 Å². The number of aromatic carboxylic acids is 2. The quantitative estimate of drug-likeness (QED) is 0.700. The molecule has 3 N–H and O–H groups in total. The summed E-state index contributed by atoms with van der Waals surface area (Å²) in [5.74, 6) is -2.18. The molecule has 1 heterocycles. The summed E-state index contributed by atoms with van der Waals surface area (Å²) >= 11 is 0. The van der Waals surface area contributed by atoms with E-state index in [0.29, 0.717) is 24.6 Å². The van der Waals surface area contributed by atoms with Crippen molar-refractivity contribution in [3.05, 3.63) is 47.5 Å². The SMILES string of the molecule is CN1CCOc2ccc(S(=O)(=O)Nc3cc(C(=O)O)cc(C(=O)O)c3)cc21. The van der Waals surface area contributed by atoms with E-state index >= 15 is 0 Å². The molecule has 0 bridgehead atoms. The van der Waals surface area contributed by atoms with Crippen molar-refractivity contribution in [2.24, 2.45) is 0 Å². The van der Waals surface area contributed by atoms with Gasteiger partial charge in [0.1, 0.15) is 12.4 Å². The predicted molar refractivity (Wildman–Crippen MR) is 96.4 cm³/mol. The first-order chi connectivity index (χ1) is 12.7. The fourth-order valence-corrected chi connectivity index (χ4v) is 3.71. The number of sulfonamides is 1. The fourth-order valence-electron chi connectivity index (χ4n) is 2.65. The van der Waals surface area contributed by atoms with E-state index in [4.69, 9.17) is 14.9 Å². The van der Waals surface area contributed by atoms with Gasteiger partial charge in [-0.25, -0.2) is 18.0 Å². The fraction of sp³-hybridized carbons (Fsp3) is 0.176. The van der Waals surface area contributed by atoms with Gasteiger partial charge in [-0.1, -0.05) is 0 Å². The van der Waals surface area contributed by atoms with Crippen LogP contribution < -0.4 is 14.4 Å². The first-order valence-electron chi connectivity index (χ1n) is 7.80. The number of carboxylic acids is 2. The Labute approximate surface area is 154 Å². The molecule has 142 valence electrons. The van der Waals surface area contributed by atoms with Crippen LogP contribution in [0.5, 0.6) is 5.75 Å². The molecule has 0 saturated heterocycles. The zero-order valence-corrected chi connectivity index (χ0v) is 15.0. The molecule has 0 fully saturated rings. The van der Waals surface area contributed by atoms with Crippen LogP contribution in [0, 0.1) is 0 Å². The number of nitrogens with one attached hydrogen (secondary N) is 1. The topological polar surface area (TPSA) is 133 Å². The van der Waals surface area contributed by atoms with E-state index in [0.717, 1.165) is 18.2 Å². The van der Waals surface area contributed by atoms with Crippen molar-refractivity contribution in [2.45, 2.75) is 4.90 Å². The van der Waals surface area contributed by atoms with Crippen molar-refractivity contribution in [1.82, 2.24) is 0 Å². The number of hydrogen-bond donors (Lipinski definition) is 3. The third-order valence-corrected chi connectivity index (χ3v) is 5.39. The van der Waals surface area contributed by atoms with E-state index in [9.17, 15) is 18.0 Å². The lowest BCUT2D eigenvalue weighted by atomic mass is 10.1. The van der Waals surface area contributed by atoms with E-state index in [-0.39, 0.29) is 21.7 Å². The van der Waals surface area contributed by atoms with Gasteiger partial charge in [-0.3, -0.25) is 4.72 Å². The molecule has 0 amide bonds. The van der Waals surface area contributed by atoms with E-state index in [1.165, 1.54) is 18.2 Å². The lowest BCUT2D eigenvalue weighted by Crippen LogP contribution is -2.29. The lowest BCUT2D eigenvalue weighted by molar-refractivity contribution is 0.0696. The van der Waals surface area contributed by atoms with Crippen LogP contribution in [-0.2, 0) is 10.0 Å². The van der Waals surface area contributed by atoms with Crippen molar-refractivity contribution < 1.29 is 33.0 Å². The zero-order chi connectivity index (χ0) is 19.8. The molecular formula is C17H16N2O7S. The number of hydrogen-bond acceptors (Lipinski definition) is 6. The molecule has 1 aliphatic heterocycles. The summed E-state index contributed by atoms with van der Waals surface area (Å²) in [6, 6.07) is 7.40. The van der Waals surface area contributed by atoms with Crippen LogP contribution in [0.4, 0.5) is 11.4 Å². The Hall–Kier alpha value is -3.27. The van der Waals surface area contributed by atoms with Gasteiger partial charge in [-0.2, -0.15) is 0 Å². The normalized spacial score (nSPS) is 13.4. The van der Waals surface area contributed by atoms with Crippen LogP contribution in [0.2, 0.25) is 0 Å². The van der Waals surface area contributed by atoms with Crippen molar-refractivity contribution in [3.8, 4) is 5.75 Å². The molecule has 0 unspecified atom stereocenters. The number of nitrogens with zero attached hydrogens (tertiary/aromatic N) is 1. The summed E-state index contributed by atoms with van der Waals surface area (Å²) in [7, 11) is -2.27. The number of ether oxygens (including phenoxy) is 1. The van der Waals surface area contributed by atoms with Crippen LogP contribution in [0.1, 0.15) is 20.7 Å². The zero-order valence-electron chi connectivity index (χ0n) is 14.2. The maximum absolute atomic E-state index is 12.7. The molecule has 9 nitrogen and oxygen atoms in total. The van der Waals surface area contributed by atoms with E-state index < -0.39 is 22.0 Å². The number of likely N-dealkylation sites (N-methyl/N-ethyl adjacent to an activating group) is 1. The molecule has 0 aromatic heterocycles. The standard InChI is InChI=1S/C17H16N2O7S/c1-19-4-5-26-15-3-2-13(9-14(15)19)27(24,25)18-12-7-10(16(20)21)6-11(8-12)17(22)23/h2-3,6-9,18H,4-5H2,1H3,(H,20,21)(H,22,23). The first-order valence-corrected chi connectivity index (χ1v) is 9.28. The molecule has 2 aromatic carbocycles. The average molecular weight is 392 g/mol. The van der Waals surface area contributed by atoms with Gasteiger partial charge in [0, 0.05) is 7.05 Å². The Kier molecular flexibility index (Phi) is 4.66. The van der Waals surface area contributed by atoms with Gasteiger partial charge in [0.25, 0.3) is 10.0 Å². The summed E-state index contributed by atoms with van der Waals surface area (Å²) in [6.45, 7) is 1.10. The molecule has 2 aromatic rings. The Morgan fingerprint density at radius 3 is 2.30 bits per heavy atom. The Balaban J connectivity index is 1.99. The lowest BCUT2D eigenvalue weighted by Gasteiger charge is -2.28. The number of anilines is 2. The minimum absolute atomic E-state index is 0.0591. The highest BCUT2D eigenvalue weighted by atomic mass is 32.2. The molecule has 0 spiro atoms. The van der Waals surface area contributed by atoms with Crippen LogP contribution in [-0.4, -0.2) is 50.8 Å². The van der Waals surface area contributed by atoms with Crippen molar-refractivity contribution in [3.63, 3.8) is 0 Å². The van der Waals surface area contributed by atoms with Gasteiger partial charge in [-0.15, -0.1) is 0 Å². The minimum Gasteiger partial charge on any atom is -0.490 e. The van der Waals surface area contributed by atoms with Gasteiger partial charge in [-0.05, 0) is 36.4 Å². The number of benzene rings is 2. The van der Waals surface area contributed by atoms with E-state index in [1.54, 1.807) is 7.05 Å². The molecule has 10 heteroatoms. The van der Waals surface area contributed by atoms with Crippen LogP contribution in [0.15, 0.2) is 41.3 Å². The second-order valence-corrected chi connectivity index (χ2v) is 7.60. The Morgan fingerprint density at radius 1 is 1.07 bits per heavy atom. The average Bonchev–Trinajstić information content (AvgIpc) is 2.61. The second kappa shape index (κ2) is 6.80. The Morgan fingerprint density at radius 2 is 1.70 bits per heavy atom. The van der Waals surface area contributed by atoms with E-state index in [2.05, 4.69) is 4.72 Å². The summed E-state index contributed by atoms with van der Waals surface area (Å²) in [5, 5.41) is 18.2. The highest BCUT2D eigenvalue weighted by Crippen LogP contribution is 2.33. The van der Waals surface area contributed by atoms with Crippen molar-refractivity contribution in [2.75, 3.05) is 29.8 Å². The summed E-state index contributed by atoms with van der Waals surface area (Å²) in [5.41, 5.74) is -0.235. The highest BCUT2D eigenvalue weighted by Gasteiger charge is 2.22. The predicted octanol–water partition coefficient (Wildman–Crippen LogP) is 1.71. The number of rotatable bonds is 5. The largest absolute Gasteiger partial charge is 0.490 e.